The maximum Gasteiger partial charge on any atom is 0.333 e. The number of likely N-dealkylation sites (tertiary alicyclic amines) is 1. The topological polar surface area (TPSA) is 129 Å². The van der Waals surface area contributed by atoms with Crippen LogP contribution in [0.3, 0.4) is 0 Å². The minimum atomic E-state index is -3.72. The van der Waals surface area contributed by atoms with Crippen molar-refractivity contribution < 1.29 is 17.0 Å². The first-order valence-electron chi connectivity index (χ1n) is 12.3. The summed E-state index contributed by atoms with van der Waals surface area (Å²) in [4.78, 5) is 11.4. The zero-order chi connectivity index (χ0) is 24.8. The van der Waals surface area contributed by atoms with Crippen molar-refractivity contribution in [3.05, 3.63) is 42.1 Å². The van der Waals surface area contributed by atoms with E-state index in [2.05, 4.69) is 43.1 Å². The molecule has 0 bridgehead atoms. The molecule has 2 fully saturated rings. The molecule has 0 spiro atoms. The minimum absolute atomic E-state index is 0.168. The van der Waals surface area contributed by atoms with E-state index in [-0.39, 0.29) is 6.10 Å². The number of nitrogens with zero attached hydrogens (tertiary/aromatic N) is 4. The van der Waals surface area contributed by atoms with E-state index >= 15 is 0 Å². The Kier molecular flexibility index (Phi) is 8.42. The van der Waals surface area contributed by atoms with Crippen LogP contribution in [0.5, 0.6) is 0 Å². The lowest BCUT2D eigenvalue weighted by molar-refractivity contribution is 0.162. The Hall–Kier alpha value is -2.47. The Balaban J connectivity index is 0.000000221. The minimum Gasteiger partial charge on any atom is -0.444 e. The lowest BCUT2D eigenvalue weighted by Crippen LogP contribution is -2.37. The van der Waals surface area contributed by atoms with Gasteiger partial charge in [0.2, 0.25) is 5.95 Å². The molecular weight excluding hydrogens is 468 g/mol. The zero-order valence-corrected chi connectivity index (χ0v) is 21.3. The number of piperidine rings is 1. The molecule has 1 saturated heterocycles. The largest absolute Gasteiger partial charge is 0.444 e. The molecule has 3 N–H and O–H groups in total. The van der Waals surface area contributed by atoms with E-state index in [0.29, 0.717) is 18.5 Å². The lowest BCUT2D eigenvalue weighted by Gasteiger charge is -2.29. The molecule has 1 aromatic carbocycles. The maximum atomic E-state index is 10.5. The summed E-state index contributed by atoms with van der Waals surface area (Å²) in [7, 11) is -1.55. The Bertz CT molecular complexity index is 1190. The van der Waals surface area contributed by atoms with Gasteiger partial charge in [0.05, 0.1) is 29.9 Å². The summed E-state index contributed by atoms with van der Waals surface area (Å²) in [5, 5.41) is 8.37. The van der Waals surface area contributed by atoms with Gasteiger partial charge in [-0.2, -0.15) is 8.42 Å². The van der Waals surface area contributed by atoms with Gasteiger partial charge in [-0.15, -0.1) is 0 Å². The number of benzene rings is 1. The van der Waals surface area contributed by atoms with Crippen LogP contribution in [-0.4, -0.2) is 60.1 Å². The Labute approximate surface area is 207 Å². The van der Waals surface area contributed by atoms with E-state index in [1.165, 1.54) is 6.42 Å². The highest BCUT2D eigenvalue weighted by molar-refractivity contribution is 7.84. The van der Waals surface area contributed by atoms with Crippen molar-refractivity contribution in [2.45, 2.75) is 70.6 Å². The van der Waals surface area contributed by atoms with Crippen molar-refractivity contribution in [1.82, 2.24) is 19.4 Å². The van der Waals surface area contributed by atoms with Crippen LogP contribution < -0.4 is 10.5 Å². The molecule has 0 amide bonds. The molecule has 2 aromatic heterocycles. The normalized spacial score (nSPS) is 18.4. The molecule has 11 heteroatoms. The summed E-state index contributed by atoms with van der Waals surface area (Å²) in [6, 6.07) is 8.69. The molecule has 1 aliphatic carbocycles. The molecule has 0 atom stereocenters. The van der Waals surface area contributed by atoms with Gasteiger partial charge in [-0.05, 0) is 58.0 Å². The highest BCUT2D eigenvalue weighted by Gasteiger charge is 2.20. The van der Waals surface area contributed by atoms with Gasteiger partial charge in [0, 0.05) is 13.0 Å². The van der Waals surface area contributed by atoms with Gasteiger partial charge in [0.25, 0.3) is 0 Å². The summed E-state index contributed by atoms with van der Waals surface area (Å²) >= 11 is 0. The number of nitrogens with one attached hydrogen (secondary N) is 1. The first-order valence-corrected chi connectivity index (χ1v) is 13.8. The van der Waals surface area contributed by atoms with Gasteiger partial charge < -0.3 is 19.2 Å². The number of hydrogen-bond acceptors (Lipinski definition) is 8. The van der Waals surface area contributed by atoms with Gasteiger partial charge in [-0.1, -0.05) is 31.4 Å². The van der Waals surface area contributed by atoms with Crippen LogP contribution >= 0.6 is 0 Å². The van der Waals surface area contributed by atoms with Crippen molar-refractivity contribution in [3.8, 4) is 0 Å². The Morgan fingerprint density at radius 3 is 2.51 bits per heavy atom. The third-order valence-electron chi connectivity index (χ3n) is 6.51. The van der Waals surface area contributed by atoms with Crippen LogP contribution in [0.2, 0.25) is 0 Å². The van der Waals surface area contributed by atoms with Crippen molar-refractivity contribution in [3.63, 3.8) is 0 Å². The zero-order valence-electron chi connectivity index (χ0n) is 20.5. The quantitative estimate of drug-likeness (QED) is 0.522. The van der Waals surface area contributed by atoms with Crippen molar-refractivity contribution in [2.75, 3.05) is 25.5 Å². The number of aryl methyl sites for hydroxylation is 1. The van der Waals surface area contributed by atoms with E-state index in [1.807, 2.05) is 19.1 Å². The number of rotatable bonds is 6. The molecule has 2 aliphatic rings. The second-order valence-corrected chi connectivity index (χ2v) is 10.6. The molecule has 1 aliphatic heterocycles. The van der Waals surface area contributed by atoms with Crippen LogP contribution in [-0.2, 0) is 21.0 Å². The molecule has 0 unspecified atom stereocenters. The van der Waals surface area contributed by atoms with Gasteiger partial charge in [-0.3, -0.25) is 4.18 Å². The van der Waals surface area contributed by atoms with Crippen molar-refractivity contribution in [1.29, 1.82) is 0 Å². The monoisotopic (exact) mass is 504 g/mol. The second-order valence-electron chi connectivity index (χ2n) is 9.43. The third kappa shape index (κ3) is 7.50. The van der Waals surface area contributed by atoms with E-state index in [9.17, 15) is 8.42 Å². The summed E-state index contributed by atoms with van der Waals surface area (Å²) in [5.74, 6) is 2.46. The van der Waals surface area contributed by atoms with Crippen molar-refractivity contribution in [2.24, 2.45) is 5.14 Å². The van der Waals surface area contributed by atoms with E-state index in [0.717, 1.165) is 74.4 Å². The van der Waals surface area contributed by atoms with Gasteiger partial charge >= 0.3 is 10.3 Å². The lowest BCUT2D eigenvalue weighted by atomic mass is 9.98. The van der Waals surface area contributed by atoms with E-state index in [4.69, 9.17) is 14.5 Å². The number of oxazole rings is 1. The molecule has 3 aromatic rings. The fraction of sp³-hybridized carbons (Fsp3) is 0.583. The van der Waals surface area contributed by atoms with Gasteiger partial charge in [0.15, 0.2) is 5.89 Å². The SMILES string of the molecule is Cc1ncc(Cn2c(NC3CCN(C)CC3)nc3ccccc32)o1.NS(=O)(=O)OC1CCCCC1. The van der Waals surface area contributed by atoms with Crippen LogP contribution in [0, 0.1) is 6.92 Å². The standard InChI is InChI=1S/C18H23N5O.C6H13NO3S/c1-13-19-11-15(24-13)12-23-17-6-4-3-5-16(17)21-18(23)20-14-7-9-22(2)10-8-14;7-11(8,9)10-6-4-2-1-3-5-6/h3-6,11,14H,7-10,12H2,1-2H3,(H,20,21);6H,1-5H2,(H2,7,8,9). The Morgan fingerprint density at radius 2 is 1.86 bits per heavy atom. The second kappa shape index (κ2) is 11.5. The van der Waals surface area contributed by atoms with Crippen LogP contribution in [0.25, 0.3) is 11.0 Å². The molecule has 5 rings (SSSR count). The number of nitrogens with two attached hydrogens (primary N) is 1. The predicted octanol–water partition coefficient (Wildman–Crippen LogP) is 3.43. The fourth-order valence-electron chi connectivity index (χ4n) is 4.67. The molecular formula is C24H36N6O4S. The smallest absolute Gasteiger partial charge is 0.333 e. The number of aromatic nitrogens is 3. The maximum absolute atomic E-state index is 10.5. The molecule has 192 valence electrons. The van der Waals surface area contributed by atoms with Gasteiger partial charge in [-0.25, -0.2) is 15.1 Å². The number of para-hydroxylation sites is 2. The van der Waals surface area contributed by atoms with Gasteiger partial charge in [0.1, 0.15) is 5.76 Å². The van der Waals surface area contributed by atoms with E-state index in [1.54, 1.807) is 6.20 Å². The molecule has 3 heterocycles. The molecule has 35 heavy (non-hydrogen) atoms. The van der Waals surface area contributed by atoms with Crippen molar-refractivity contribution >= 4 is 27.3 Å². The predicted molar refractivity (Wildman–Crippen MR) is 135 cm³/mol. The van der Waals surface area contributed by atoms with Crippen LogP contribution in [0.1, 0.15) is 56.6 Å². The average Bonchev–Trinajstić information content (AvgIpc) is 3.39. The first-order chi connectivity index (χ1) is 16.8. The fourth-order valence-corrected chi connectivity index (χ4v) is 5.24. The number of imidazole rings is 1. The van der Waals surface area contributed by atoms with E-state index < -0.39 is 10.3 Å². The highest BCUT2D eigenvalue weighted by Crippen LogP contribution is 2.24. The van der Waals surface area contributed by atoms with Crippen LogP contribution in [0.15, 0.2) is 34.9 Å². The van der Waals surface area contributed by atoms with Crippen LogP contribution in [0.4, 0.5) is 5.95 Å². The number of anilines is 1. The Morgan fingerprint density at radius 1 is 1.14 bits per heavy atom. The number of fused-ring (bicyclic) bond motifs is 1. The number of hydrogen-bond donors (Lipinski definition) is 2. The first kappa shape index (κ1) is 25.6. The molecule has 10 nitrogen and oxygen atoms in total. The summed E-state index contributed by atoms with van der Waals surface area (Å²) in [5.41, 5.74) is 2.12. The highest BCUT2D eigenvalue weighted by atomic mass is 32.2. The molecule has 0 radical (unpaired) electrons. The summed E-state index contributed by atoms with van der Waals surface area (Å²) in [6.45, 7) is 4.75. The summed E-state index contributed by atoms with van der Waals surface area (Å²) < 4.78 is 33.4. The summed E-state index contributed by atoms with van der Waals surface area (Å²) in [6.07, 6.45) is 8.79. The molecule has 1 saturated carbocycles. The third-order valence-corrected chi connectivity index (χ3v) is 7.05. The average molecular weight is 505 g/mol.